The summed E-state index contributed by atoms with van der Waals surface area (Å²) < 4.78 is 2.82. The van der Waals surface area contributed by atoms with Crippen LogP contribution >= 0.6 is 23.6 Å². The van der Waals surface area contributed by atoms with E-state index in [0.29, 0.717) is 11.3 Å². The molecule has 0 radical (unpaired) electrons. The number of hydrogen-bond donors (Lipinski definition) is 1. The van der Waals surface area contributed by atoms with E-state index in [4.69, 9.17) is 12.2 Å². The highest BCUT2D eigenvalue weighted by Crippen LogP contribution is 2.14. The summed E-state index contributed by atoms with van der Waals surface area (Å²) in [4.78, 5) is 19.4. The van der Waals surface area contributed by atoms with E-state index in [1.54, 1.807) is 17.0 Å². The van der Waals surface area contributed by atoms with Gasteiger partial charge in [0.25, 0.3) is 5.56 Å². The highest BCUT2D eigenvalue weighted by Gasteiger charge is 2.06. The predicted molar refractivity (Wildman–Crippen MR) is 79.2 cm³/mol. The zero-order chi connectivity index (χ0) is 13.2. The molecule has 3 aromatic rings. The Morgan fingerprint density at radius 3 is 2.89 bits per heavy atom. The molecule has 4 nitrogen and oxygen atoms in total. The smallest absolute Gasteiger partial charge is 0.272 e. The minimum atomic E-state index is -0.0113. The maximum Gasteiger partial charge on any atom is 0.272 e. The first-order chi connectivity index (χ1) is 9.25. The molecule has 0 atom stereocenters. The number of nitrogens with zero attached hydrogens (tertiary/aromatic N) is 2. The Balaban J connectivity index is 1.97. The second-order valence-electron chi connectivity index (χ2n) is 4.16. The van der Waals surface area contributed by atoms with Gasteiger partial charge in [0, 0.05) is 18.9 Å². The summed E-state index contributed by atoms with van der Waals surface area (Å²) in [5.41, 5.74) is 1.95. The molecule has 0 spiro atoms. The number of pyridine rings is 1. The van der Waals surface area contributed by atoms with Crippen molar-refractivity contribution in [2.24, 2.45) is 0 Å². The molecular formula is C13H11N3OS2. The second kappa shape index (κ2) is 5.07. The van der Waals surface area contributed by atoms with E-state index in [2.05, 4.69) is 9.97 Å². The van der Waals surface area contributed by atoms with Crippen molar-refractivity contribution in [3.63, 3.8) is 0 Å². The van der Waals surface area contributed by atoms with Gasteiger partial charge in [-0.05, 0) is 47.8 Å². The summed E-state index contributed by atoms with van der Waals surface area (Å²) in [6.45, 7) is 0.575. The van der Waals surface area contributed by atoms with E-state index in [0.717, 1.165) is 22.2 Å². The van der Waals surface area contributed by atoms with Crippen molar-refractivity contribution < 1.29 is 0 Å². The fraction of sp³-hybridized carbons (Fsp3) is 0.154. The Labute approximate surface area is 118 Å². The highest BCUT2D eigenvalue weighted by atomic mass is 32.1. The first-order valence-electron chi connectivity index (χ1n) is 5.85. The van der Waals surface area contributed by atoms with Gasteiger partial charge < -0.3 is 4.98 Å². The maximum atomic E-state index is 12.3. The lowest BCUT2D eigenvalue weighted by Gasteiger charge is -2.06. The van der Waals surface area contributed by atoms with E-state index in [1.165, 1.54) is 11.3 Å². The Morgan fingerprint density at radius 1 is 1.32 bits per heavy atom. The van der Waals surface area contributed by atoms with Gasteiger partial charge in [-0.3, -0.25) is 14.3 Å². The van der Waals surface area contributed by atoms with Gasteiger partial charge in [-0.25, -0.2) is 0 Å². The van der Waals surface area contributed by atoms with Gasteiger partial charge in [-0.2, -0.15) is 0 Å². The number of aromatic nitrogens is 3. The van der Waals surface area contributed by atoms with Crippen molar-refractivity contribution in [3.05, 3.63) is 56.7 Å². The van der Waals surface area contributed by atoms with Crippen LogP contribution < -0.4 is 5.56 Å². The topological polar surface area (TPSA) is 50.7 Å². The molecule has 1 N–H and O–H groups in total. The quantitative estimate of drug-likeness (QED) is 0.754. The van der Waals surface area contributed by atoms with Gasteiger partial charge in [-0.1, -0.05) is 0 Å². The monoisotopic (exact) mass is 289 g/mol. The first-order valence-corrected chi connectivity index (χ1v) is 7.14. The third-order valence-corrected chi connectivity index (χ3v) is 4.19. The largest absolute Gasteiger partial charge is 0.331 e. The zero-order valence-electron chi connectivity index (χ0n) is 10.00. The molecule has 96 valence electrons. The molecule has 0 bridgehead atoms. The lowest BCUT2D eigenvalue weighted by Crippen LogP contribution is -2.22. The van der Waals surface area contributed by atoms with E-state index < -0.39 is 0 Å². The summed E-state index contributed by atoms with van der Waals surface area (Å²) >= 11 is 6.69. The van der Waals surface area contributed by atoms with Crippen LogP contribution in [-0.4, -0.2) is 14.5 Å². The van der Waals surface area contributed by atoms with Crippen LogP contribution in [0.15, 0.2) is 40.8 Å². The van der Waals surface area contributed by atoms with Gasteiger partial charge in [-0.15, -0.1) is 11.3 Å². The number of aryl methyl sites for hydroxylation is 1. The average molecular weight is 289 g/mol. The van der Waals surface area contributed by atoms with Crippen LogP contribution in [0.2, 0.25) is 0 Å². The third-order valence-electron chi connectivity index (χ3n) is 2.96. The second-order valence-corrected chi connectivity index (χ2v) is 5.46. The summed E-state index contributed by atoms with van der Waals surface area (Å²) in [7, 11) is 0. The lowest BCUT2D eigenvalue weighted by molar-refractivity contribution is 0.653. The molecule has 0 aliphatic carbocycles. The molecule has 6 heteroatoms. The standard InChI is InChI=1S/C13H11N3OS2/c17-12-11-10(4-8-19-11)15-13(18)16(12)7-3-9-1-5-14-6-2-9/h1-2,4-6,8H,3,7H2,(H,15,18). The minimum absolute atomic E-state index is 0.0113. The summed E-state index contributed by atoms with van der Waals surface area (Å²) in [5.74, 6) is 0. The number of nitrogens with one attached hydrogen (secondary N) is 1. The lowest BCUT2D eigenvalue weighted by atomic mass is 10.2. The molecule has 3 heterocycles. The van der Waals surface area contributed by atoms with Crippen molar-refractivity contribution >= 4 is 33.8 Å². The minimum Gasteiger partial charge on any atom is -0.331 e. The first kappa shape index (κ1) is 12.3. The molecule has 0 unspecified atom stereocenters. The number of hydrogen-bond acceptors (Lipinski definition) is 4. The SMILES string of the molecule is O=c1c2sccc2[nH]c(=S)n1CCc1ccncc1. The van der Waals surface area contributed by atoms with E-state index in [1.807, 2.05) is 23.6 Å². The van der Waals surface area contributed by atoms with Crippen molar-refractivity contribution in [2.45, 2.75) is 13.0 Å². The van der Waals surface area contributed by atoms with Crippen LogP contribution in [-0.2, 0) is 13.0 Å². The summed E-state index contributed by atoms with van der Waals surface area (Å²) in [6.07, 6.45) is 4.26. The fourth-order valence-corrected chi connectivity index (χ4v) is 3.05. The van der Waals surface area contributed by atoms with Crippen LogP contribution in [0.25, 0.3) is 10.2 Å². The number of aromatic amines is 1. The third kappa shape index (κ3) is 2.36. The van der Waals surface area contributed by atoms with Crippen LogP contribution in [0, 0.1) is 4.77 Å². The highest BCUT2D eigenvalue weighted by molar-refractivity contribution is 7.71. The molecule has 0 amide bonds. The van der Waals surface area contributed by atoms with E-state index >= 15 is 0 Å². The van der Waals surface area contributed by atoms with Gasteiger partial charge in [0.2, 0.25) is 0 Å². The average Bonchev–Trinajstić information content (AvgIpc) is 2.88. The molecule has 3 aromatic heterocycles. The van der Waals surface area contributed by atoms with Crippen LogP contribution in [0.5, 0.6) is 0 Å². The molecule has 19 heavy (non-hydrogen) atoms. The van der Waals surface area contributed by atoms with Crippen molar-refractivity contribution in [3.8, 4) is 0 Å². The van der Waals surface area contributed by atoms with Crippen molar-refractivity contribution in [2.75, 3.05) is 0 Å². The number of rotatable bonds is 3. The summed E-state index contributed by atoms with van der Waals surface area (Å²) in [6, 6.07) is 5.77. The number of H-pyrrole nitrogens is 1. The van der Waals surface area contributed by atoms with Crippen molar-refractivity contribution in [1.82, 2.24) is 14.5 Å². The Kier molecular flexibility index (Phi) is 3.27. The van der Waals surface area contributed by atoms with Crippen molar-refractivity contribution in [1.29, 1.82) is 0 Å². The maximum absolute atomic E-state index is 12.3. The van der Waals surface area contributed by atoms with Gasteiger partial charge in [0.05, 0.1) is 5.52 Å². The van der Waals surface area contributed by atoms with Gasteiger partial charge in [0.1, 0.15) is 4.70 Å². The molecular weight excluding hydrogens is 278 g/mol. The molecule has 0 aliphatic heterocycles. The summed E-state index contributed by atoms with van der Waals surface area (Å²) in [5, 5.41) is 1.89. The van der Waals surface area contributed by atoms with E-state index in [9.17, 15) is 4.79 Å². The Hall–Kier alpha value is -1.79. The fourth-order valence-electron chi connectivity index (χ4n) is 1.96. The molecule has 0 aliphatic rings. The Morgan fingerprint density at radius 2 is 2.11 bits per heavy atom. The van der Waals surface area contributed by atoms with Crippen LogP contribution in [0.1, 0.15) is 5.56 Å². The molecule has 0 fully saturated rings. The number of thiophene rings is 1. The molecule has 0 saturated carbocycles. The van der Waals surface area contributed by atoms with E-state index in [-0.39, 0.29) is 5.56 Å². The predicted octanol–water partition coefficient (Wildman–Crippen LogP) is 2.76. The van der Waals surface area contributed by atoms with Crippen LogP contribution in [0.3, 0.4) is 0 Å². The number of fused-ring (bicyclic) bond motifs is 1. The normalized spacial score (nSPS) is 10.9. The molecule has 0 aromatic carbocycles. The zero-order valence-corrected chi connectivity index (χ0v) is 11.6. The Bertz CT molecular complexity index is 817. The molecule has 0 saturated heterocycles. The molecule has 3 rings (SSSR count). The van der Waals surface area contributed by atoms with Gasteiger partial charge in [0.15, 0.2) is 4.77 Å². The van der Waals surface area contributed by atoms with Crippen LogP contribution in [0.4, 0.5) is 0 Å². The van der Waals surface area contributed by atoms with Gasteiger partial charge >= 0.3 is 0 Å².